The summed E-state index contributed by atoms with van der Waals surface area (Å²) in [6.45, 7) is 0.438. The Hall–Kier alpha value is -4.06. The van der Waals surface area contributed by atoms with Crippen LogP contribution in [0.4, 0.5) is 0 Å². The lowest BCUT2D eigenvalue weighted by Crippen LogP contribution is -2.22. The first-order valence-electron chi connectivity index (χ1n) is 9.55. The van der Waals surface area contributed by atoms with Crippen LogP contribution in [0.25, 0.3) is 22.5 Å². The normalized spacial score (nSPS) is 12.0. The molecule has 5 rings (SSSR count). The number of rotatable bonds is 5. The Labute approximate surface area is 173 Å². The fourth-order valence-electron chi connectivity index (χ4n) is 3.30. The number of ether oxygens (including phenoxy) is 2. The van der Waals surface area contributed by atoms with Crippen molar-refractivity contribution in [3.05, 3.63) is 90.1 Å². The summed E-state index contributed by atoms with van der Waals surface area (Å²) in [5, 5.41) is 6.91. The highest BCUT2D eigenvalue weighted by atomic mass is 16.7. The van der Waals surface area contributed by atoms with Crippen molar-refractivity contribution in [2.24, 2.45) is 0 Å². The van der Waals surface area contributed by atoms with Gasteiger partial charge in [-0.05, 0) is 29.3 Å². The van der Waals surface area contributed by atoms with Crippen molar-refractivity contribution in [3.63, 3.8) is 0 Å². The highest BCUT2D eigenvalue weighted by Crippen LogP contribution is 2.32. The van der Waals surface area contributed by atoms with Gasteiger partial charge in [0.05, 0.1) is 6.54 Å². The Bertz CT molecular complexity index is 1180. The molecule has 0 atom stereocenters. The van der Waals surface area contributed by atoms with Crippen molar-refractivity contribution in [1.82, 2.24) is 10.5 Å². The van der Waals surface area contributed by atoms with Crippen molar-refractivity contribution in [3.8, 4) is 33.9 Å². The van der Waals surface area contributed by atoms with E-state index in [0.29, 0.717) is 28.5 Å². The minimum Gasteiger partial charge on any atom is -0.454 e. The summed E-state index contributed by atoms with van der Waals surface area (Å²) in [5.74, 6) is 1.66. The van der Waals surface area contributed by atoms with Crippen molar-refractivity contribution in [2.75, 3.05) is 6.79 Å². The zero-order chi connectivity index (χ0) is 20.3. The van der Waals surface area contributed by atoms with Gasteiger partial charge in [-0.1, -0.05) is 59.8 Å². The summed E-state index contributed by atoms with van der Waals surface area (Å²) in [5.41, 5.74) is 4.37. The maximum atomic E-state index is 12.4. The standard InChI is InChI=1S/C24H18N2O4/c27-24(19-10-11-21-23(12-19)29-15-28-21)25-14-20-13-22(30-26-20)18-8-6-17(7-9-18)16-4-2-1-3-5-16/h1-13H,14-15H2,(H,25,27). The molecule has 1 aromatic heterocycles. The van der Waals surface area contributed by atoms with Gasteiger partial charge in [0.15, 0.2) is 17.3 Å². The molecule has 0 bridgehead atoms. The van der Waals surface area contributed by atoms with Gasteiger partial charge in [0.25, 0.3) is 5.91 Å². The second-order valence-electron chi connectivity index (χ2n) is 6.88. The van der Waals surface area contributed by atoms with Gasteiger partial charge in [0.2, 0.25) is 6.79 Å². The van der Waals surface area contributed by atoms with Crippen molar-refractivity contribution < 1.29 is 18.8 Å². The molecule has 148 valence electrons. The average Bonchev–Trinajstić information content (AvgIpc) is 3.47. The smallest absolute Gasteiger partial charge is 0.251 e. The summed E-state index contributed by atoms with van der Waals surface area (Å²) in [6, 6.07) is 25.2. The number of hydrogen-bond donors (Lipinski definition) is 1. The number of nitrogens with one attached hydrogen (secondary N) is 1. The Morgan fingerprint density at radius 2 is 1.57 bits per heavy atom. The molecule has 4 aromatic rings. The maximum Gasteiger partial charge on any atom is 0.251 e. The molecule has 3 aromatic carbocycles. The Kier molecular flexibility index (Phi) is 4.65. The molecule has 0 radical (unpaired) electrons. The third kappa shape index (κ3) is 3.63. The fraction of sp³-hybridized carbons (Fsp3) is 0.0833. The predicted molar refractivity (Wildman–Crippen MR) is 111 cm³/mol. The van der Waals surface area contributed by atoms with Crippen LogP contribution in [0.1, 0.15) is 16.1 Å². The van der Waals surface area contributed by atoms with E-state index in [1.165, 1.54) is 0 Å². The third-order valence-electron chi connectivity index (χ3n) is 4.90. The lowest BCUT2D eigenvalue weighted by Gasteiger charge is -2.04. The molecule has 0 saturated heterocycles. The summed E-state index contributed by atoms with van der Waals surface area (Å²) >= 11 is 0. The molecule has 0 aliphatic carbocycles. The number of amides is 1. The largest absolute Gasteiger partial charge is 0.454 e. The van der Waals surface area contributed by atoms with Crippen LogP contribution < -0.4 is 14.8 Å². The molecule has 1 amide bonds. The van der Waals surface area contributed by atoms with Crippen LogP contribution >= 0.6 is 0 Å². The Morgan fingerprint density at radius 1 is 0.833 bits per heavy atom. The zero-order valence-electron chi connectivity index (χ0n) is 16.0. The van der Waals surface area contributed by atoms with Gasteiger partial charge in [0, 0.05) is 17.2 Å². The van der Waals surface area contributed by atoms with Crippen LogP contribution in [0.15, 0.2) is 83.4 Å². The van der Waals surface area contributed by atoms with Crippen molar-refractivity contribution in [2.45, 2.75) is 6.54 Å². The highest BCUT2D eigenvalue weighted by molar-refractivity contribution is 5.94. The first-order chi connectivity index (χ1) is 14.8. The molecular formula is C24H18N2O4. The van der Waals surface area contributed by atoms with Crippen LogP contribution in [0.5, 0.6) is 11.5 Å². The Balaban J connectivity index is 1.24. The third-order valence-corrected chi connectivity index (χ3v) is 4.90. The van der Waals surface area contributed by atoms with Crippen LogP contribution in [-0.4, -0.2) is 17.9 Å². The Morgan fingerprint density at radius 3 is 2.40 bits per heavy atom. The van der Waals surface area contributed by atoms with E-state index >= 15 is 0 Å². The summed E-state index contributed by atoms with van der Waals surface area (Å²) in [6.07, 6.45) is 0. The van der Waals surface area contributed by atoms with Crippen LogP contribution in [0.2, 0.25) is 0 Å². The van der Waals surface area contributed by atoms with Gasteiger partial charge in [0.1, 0.15) is 5.69 Å². The van der Waals surface area contributed by atoms with E-state index in [0.717, 1.165) is 16.7 Å². The van der Waals surface area contributed by atoms with E-state index in [1.54, 1.807) is 18.2 Å². The summed E-state index contributed by atoms with van der Waals surface area (Å²) < 4.78 is 16.0. The molecule has 6 heteroatoms. The maximum absolute atomic E-state index is 12.4. The summed E-state index contributed by atoms with van der Waals surface area (Å²) in [7, 11) is 0. The minimum atomic E-state index is -0.218. The molecule has 6 nitrogen and oxygen atoms in total. The van der Waals surface area contributed by atoms with E-state index < -0.39 is 0 Å². The number of aromatic nitrogens is 1. The molecule has 0 spiro atoms. The molecular weight excluding hydrogens is 380 g/mol. The van der Waals surface area contributed by atoms with Crippen molar-refractivity contribution >= 4 is 5.91 Å². The molecule has 1 aliphatic rings. The zero-order valence-corrected chi connectivity index (χ0v) is 16.0. The van der Waals surface area contributed by atoms with Gasteiger partial charge >= 0.3 is 0 Å². The molecule has 2 heterocycles. The number of benzene rings is 3. The highest BCUT2D eigenvalue weighted by Gasteiger charge is 2.16. The predicted octanol–water partition coefficient (Wildman–Crippen LogP) is 4.67. The minimum absolute atomic E-state index is 0.175. The van der Waals surface area contributed by atoms with Crippen LogP contribution in [0.3, 0.4) is 0 Å². The average molecular weight is 398 g/mol. The molecule has 0 unspecified atom stereocenters. The van der Waals surface area contributed by atoms with E-state index in [9.17, 15) is 4.79 Å². The van der Waals surface area contributed by atoms with E-state index in [4.69, 9.17) is 14.0 Å². The number of carbonyl (C=O) groups is 1. The van der Waals surface area contributed by atoms with Crippen LogP contribution in [-0.2, 0) is 6.54 Å². The van der Waals surface area contributed by atoms with Gasteiger partial charge in [-0.25, -0.2) is 0 Å². The molecule has 0 saturated carbocycles. The monoisotopic (exact) mass is 398 g/mol. The molecule has 1 N–H and O–H groups in total. The van der Waals surface area contributed by atoms with Gasteiger partial charge in [-0.2, -0.15) is 0 Å². The molecule has 30 heavy (non-hydrogen) atoms. The van der Waals surface area contributed by atoms with Crippen molar-refractivity contribution in [1.29, 1.82) is 0 Å². The lowest BCUT2D eigenvalue weighted by atomic mass is 10.0. The second kappa shape index (κ2) is 7.75. The van der Waals surface area contributed by atoms with Crippen LogP contribution in [0, 0.1) is 0 Å². The number of nitrogens with zero attached hydrogens (tertiary/aromatic N) is 1. The SMILES string of the molecule is O=C(NCc1cc(-c2ccc(-c3ccccc3)cc2)on1)c1ccc2c(c1)OCO2. The van der Waals surface area contributed by atoms with E-state index in [2.05, 4.69) is 22.6 Å². The molecule has 1 aliphatic heterocycles. The van der Waals surface area contributed by atoms with E-state index in [1.807, 2.05) is 48.5 Å². The lowest BCUT2D eigenvalue weighted by molar-refractivity contribution is 0.0949. The summed E-state index contributed by atoms with van der Waals surface area (Å²) in [4.78, 5) is 12.4. The number of fused-ring (bicyclic) bond motifs is 1. The quantitative estimate of drug-likeness (QED) is 0.529. The molecule has 0 fully saturated rings. The number of hydrogen-bond acceptors (Lipinski definition) is 5. The van der Waals surface area contributed by atoms with E-state index in [-0.39, 0.29) is 19.2 Å². The topological polar surface area (TPSA) is 73.6 Å². The first kappa shape index (κ1) is 18.0. The second-order valence-corrected chi connectivity index (χ2v) is 6.88. The van der Waals surface area contributed by atoms with Gasteiger partial charge in [-0.3, -0.25) is 4.79 Å². The number of carbonyl (C=O) groups excluding carboxylic acids is 1. The van der Waals surface area contributed by atoms with Gasteiger partial charge < -0.3 is 19.3 Å². The first-order valence-corrected chi connectivity index (χ1v) is 9.55. The fourth-order valence-corrected chi connectivity index (χ4v) is 3.30. The van der Waals surface area contributed by atoms with Gasteiger partial charge in [-0.15, -0.1) is 0 Å².